The largest absolute Gasteiger partial charge is 0.457 e. The number of rotatable bonds is 3. The molecule has 2 saturated carbocycles. The van der Waals surface area contributed by atoms with Gasteiger partial charge in [-0.1, -0.05) is 48.7 Å². The van der Waals surface area contributed by atoms with Gasteiger partial charge in [-0.05, 0) is 97.4 Å². The smallest absolute Gasteiger partial charge is 0.156 e. The Morgan fingerprint density at radius 3 is 2.49 bits per heavy atom. The Bertz CT molecular complexity index is 1260. The summed E-state index contributed by atoms with van der Waals surface area (Å²) in [6.45, 7) is 2.22. The van der Waals surface area contributed by atoms with Crippen molar-refractivity contribution in [3.8, 4) is 23.8 Å². The first-order valence-corrected chi connectivity index (χ1v) is 12.9. The van der Waals surface area contributed by atoms with Crippen molar-refractivity contribution in [3.63, 3.8) is 0 Å². The quantitative estimate of drug-likeness (QED) is 0.512. The molecule has 0 bridgehead atoms. The Hall–Kier alpha value is -3.09. The molecule has 2 aromatic carbocycles. The van der Waals surface area contributed by atoms with Gasteiger partial charge in [0.05, 0.1) is 0 Å². The van der Waals surface area contributed by atoms with Gasteiger partial charge in [0.2, 0.25) is 0 Å². The fourth-order valence-corrected chi connectivity index (χ4v) is 7.59. The van der Waals surface area contributed by atoms with Crippen LogP contribution in [0.3, 0.4) is 0 Å². The summed E-state index contributed by atoms with van der Waals surface area (Å²) in [5.74, 6) is 5.65. The summed E-state index contributed by atoms with van der Waals surface area (Å²) in [7, 11) is 0. The molecular formula is C32H32O3. The minimum atomic E-state index is -1.07. The average Bonchev–Trinajstić information content (AvgIpc) is 3.15. The number of para-hydroxylation sites is 1. The number of fused-ring (bicyclic) bond motifs is 4. The fraction of sp³-hybridized carbons (Fsp3) is 0.406. The lowest BCUT2D eigenvalue weighted by molar-refractivity contribution is -0.114. The van der Waals surface area contributed by atoms with Gasteiger partial charge in [0, 0.05) is 17.8 Å². The predicted octanol–water partition coefficient (Wildman–Crippen LogP) is 6.74. The Kier molecular flexibility index (Phi) is 5.27. The summed E-state index contributed by atoms with van der Waals surface area (Å²) in [5.41, 5.74) is 4.01. The molecule has 2 fully saturated rings. The maximum atomic E-state index is 12.2. The van der Waals surface area contributed by atoms with Crippen LogP contribution < -0.4 is 4.74 Å². The van der Waals surface area contributed by atoms with Gasteiger partial charge in [-0.3, -0.25) is 4.79 Å². The number of benzene rings is 2. The van der Waals surface area contributed by atoms with E-state index in [0.717, 1.165) is 43.6 Å². The van der Waals surface area contributed by atoms with E-state index < -0.39 is 5.60 Å². The second-order valence-corrected chi connectivity index (χ2v) is 11.0. The monoisotopic (exact) mass is 464 g/mol. The molecule has 178 valence electrons. The summed E-state index contributed by atoms with van der Waals surface area (Å²) in [6, 6.07) is 18.3. The number of terminal acetylenes is 1. The summed E-state index contributed by atoms with van der Waals surface area (Å²) < 4.78 is 6.04. The van der Waals surface area contributed by atoms with Crippen molar-refractivity contribution in [1.29, 1.82) is 0 Å². The lowest BCUT2D eigenvalue weighted by Crippen LogP contribution is -2.50. The van der Waals surface area contributed by atoms with E-state index in [0.29, 0.717) is 24.7 Å². The Labute approximate surface area is 207 Å². The number of carbonyl (C=O) groups excluding carboxylic acids is 1. The van der Waals surface area contributed by atoms with Gasteiger partial charge < -0.3 is 9.84 Å². The highest BCUT2D eigenvalue weighted by Gasteiger charge is 2.62. The normalized spacial score (nSPS) is 33.8. The lowest BCUT2D eigenvalue weighted by atomic mass is 9.51. The highest BCUT2D eigenvalue weighted by molar-refractivity contribution is 5.93. The van der Waals surface area contributed by atoms with Crippen LogP contribution in [0.15, 0.2) is 77.4 Å². The number of aliphatic hydroxyl groups is 1. The number of ketones is 1. The molecule has 0 unspecified atom stereocenters. The number of hydrogen-bond donors (Lipinski definition) is 1. The SMILES string of the molecule is C#C[C@]1(O)CC[C@H]2[C@@H]3CCC4=CC(=O)CCC4=C3[C@@H](c3ccc(Oc4ccccc4)cc3)C[C@@]21C. The van der Waals surface area contributed by atoms with Gasteiger partial charge in [0.15, 0.2) is 5.78 Å². The van der Waals surface area contributed by atoms with E-state index in [1.165, 1.54) is 22.3 Å². The van der Waals surface area contributed by atoms with Crippen LogP contribution >= 0.6 is 0 Å². The van der Waals surface area contributed by atoms with E-state index in [4.69, 9.17) is 11.2 Å². The van der Waals surface area contributed by atoms with Crippen molar-refractivity contribution < 1.29 is 14.6 Å². The van der Waals surface area contributed by atoms with Crippen molar-refractivity contribution in [1.82, 2.24) is 0 Å². The van der Waals surface area contributed by atoms with Gasteiger partial charge in [0.1, 0.15) is 17.1 Å². The van der Waals surface area contributed by atoms with E-state index in [2.05, 4.69) is 25.0 Å². The van der Waals surface area contributed by atoms with Crippen LogP contribution in [0.1, 0.15) is 63.4 Å². The van der Waals surface area contributed by atoms with Crippen LogP contribution in [0.4, 0.5) is 0 Å². The van der Waals surface area contributed by atoms with E-state index in [1.807, 2.05) is 48.5 Å². The maximum Gasteiger partial charge on any atom is 0.156 e. The van der Waals surface area contributed by atoms with Gasteiger partial charge in [-0.15, -0.1) is 6.42 Å². The number of allylic oxidation sites excluding steroid dienone is 4. The van der Waals surface area contributed by atoms with Crippen LogP contribution in [0.25, 0.3) is 0 Å². The van der Waals surface area contributed by atoms with Crippen LogP contribution in [-0.2, 0) is 4.79 Å². The minimum absolute atomic E-state index is 0.178. The van der Waals surface area contributed by atoms with Crippen LogP contribution in [0.2, 0.25) is 0 Å². The molecule has 5 atom stereocenters. The first kappa shape index (κ1) is 22.4. The maximum absolute atomic E-state index is 12.2. The zero-order chi connectivity index (χ0) is 24.2. The molecule has 0 radical (unpaired) electrons. The third kappa shape index (κ3) is 3.50. The third-order valence-corrected chi connectivity index (χ3v) is 9.39. The molecule has 3 heteroatoms. The Balaban J connectivity index is 1.43. The molecule has 0 aromatic heterocycles. The number of hydrogen-bond acceptors (Lipinski definition) is 3. The zero-order valence-corrected chi connectivity index (χ0v) is 20.3. The van der Waals surface area contributed by atoms with Gasteiger partial charge >= 0.3 is 0 Å². The molecule has 35 heavy (non-hydrogen) atoms. The molecule has 0 heterocycles. The molecular weight excluding hydrogens is 432 g/mol. The van der Waals surface area contributed by atoms with Crippen molar-refractivity contribution in [2.45, 2.75) is 63.4 Å². The van der Waals surface area contributed by atoms with Crippen molar-refractivity contribution in [2.24, 2.45) is 17.3 Å². The van der Waals surface area contributed by atoms with Gasteiger partial charge in [-0.2, -0.15) is 0 Å². The highest BCUT2D eigenvalue weighted by Crippen LogP contribution is 2.66. The predicted molar refractivity (Wildman–Crippen MR) is 137 cm³/mol. The summed E-state index contributed by atoms with van der Waals surface area (Å²) >= 11 is 0. The molecule has 4 aliphatic rings. The first-order chi connectivity index (χ1) is 16.9. The van der Waals surface area contributed by atoms with E-state index in [1.54, 1.807) is 0 Å². The van der Waals surface area contributed by atoms with E-state index in [-0.39, 0.29) is 17.1 Å². The standard InChI is InChI=1S/C32H32O3/c1-3-32(34)18-17-29-27-15-11-22-19-23(33)12-16-26(22)30(27)28(20-31(29,32)2)21-9-13-25(14-10-21)35-24-7-5-4-6-8-24/h1,4-10,13-14,19,27-29,34H,11-12,15-18,20H2,2H3/t27-,28+,29-,31-,32-/m0/s1. The van der Waals surface area contributed by atoms with Gasteiger partial charge in [-0.25, -0.2) is 0 Å². The molecule has 6 rings (SSSR count). The second kappa shape index (κ2) is 8.25. The molecule has 0 amide bonds. The Morgan fingerprint density at radius 1 is 1.00 bits per heavy atom. The molecule has 1 N–H and O–H groups in total. The topological polar surface area (TPSA) is 46.5 Å². The van der Waals surface area contributed by atoms with Crippen molar-refractivity contribution >= 4 is 5.78 Å². The molecule has 3 nitrogen and oxygen atoms in total. The van der Waals surface area contributed by atoms with E-state index >= 15 is 0 Å². The molecule has 0 aliphatic heterocycles. The van der Waals surface area contributed by atoms with Crippen molar-refractivity contribution in [2.75, 3.05) is 0 Å². The number of carbonyl (C=O) groups is 1. The third-order valence-electron chi connectivity index (χ3n) is 9.39. The number of ether oxygens (including phenoxy) is 1. The average molecular weight is 465 g/mol. The van der Waals surface area contributed by atoms with Crippen LogP contribution in [-0.4, -0.2) is 16.5 Å². The minimum Gasteiger partial charge on any atom is -0.457 e. The molecule has 0 saturated heterocycles. The Morgan fingerprint density at radius 2 is 1.74 bits per heavy atom. The summed E-state index contributed by atoms with van der Waals surface area (Å²) in [6.07, 6.45) is 13.7. The van der Waals surface area contributed by atoms with E-state index in [9.17, 15) is 9.90 Å². The molecule has 2 aromatic rings. The summed E-state index contributed by atoms with van der Waals surface area (Å²) in [5, 5.41) is 11.6. The van der Waals surface area contributed by atoms with Crippen molar-refractivity contribution in [3.05, 3.63) is 83.0 Å². The lowest BCUT2D eigenvalue weighted by Gasteiger charge is -2.53. The fourth-order valence-electron chi connectivity index (χ4n) is 7.59. The first-order valence-electron chi connectivity index (χ1n) is 12.9. The summed E-state index contributed by atoms with van der Waals surface area (Å²) in [4.78, 5) is 12.2. The van der Waals surface area contributed by atoms with Crippen LogP contribution in [0.5, 0.6) is 11.5 Å². The molecule has 0 spiro atoms. The second-order valence-electron chi connectivity index (χ2n) is 11.0. The van der Waals surface area contributed by atoms with Gasteiger partial charge in [0.25, 0.3) is 0 Å². The zero-order valence-electron chi connectivity index (χ0n) is 20.3. The van der Waals surface area contributed by atoms with Crippen LogP contribution in [0, 0.1) is 29.6 Å². The highest BCUT2D eigenvalue weighted by atomic mass is 16.5. The molecule has 4 aliphatic carbocycles.